The second kappa shape index (κ2) is 6.98. The van der Waals surface area contributed by atoms with Gasteiger partial charge in [-0.15, -0.1) is 0 Å². The van der Waals surface area contributed by atoms with Crippen molar-refractivity contribution in [2.45, 2.75) is 46.0 Å². The molecule has 1 aromatic heterocycles. The molecule has 1 aromatic rings. The van der Waals surface area contributed by atoms with Crippen LogP contribution in [-0.2, 0) is 6.42 Å². The number of thiophene rings is 1. The first kappa shape index (κ1) is 13.7. The lowest BCUT2D eigenvalue weighted by Crippen LogP contribution is -2.33. The van der Waals surface area contributed by atoms with E-state index < -0.39 is 0 Å². The number of hydrogen-bond acceptors (Lipinski definition) is 2. The summed E-state index contributed by atoms with van der Waals surface area (Å²) < 4.78 is 0. The third kappa shape index (κ3) is 3.61. The quantitative estimate of drug-likeness (QED) is 0.744. The summed E-state index contributed by atoms with van der Waals surface area (Å²) in [5, 5.41) is 4.46. The first-order valence-electron chi connectivity index (χ1n) is 7.28. The van der Waals surface area contributed by atoms with Crippen molar-refractivity contribution in [2.24, 2.45) is 5.92 Å². The molecule has 1 aliphatic rings. The smallest absolute Gasteiger partial charge is 0.0177 e. The van der Waals surface area contributed by atoms with Gasteiger partial charge in [0.05, 0.1) is 0 Å². The van der Waals surface area contributed by atoms with Crippen LogP contribution >= 0.6 is 11.3 Å². The van der Waals surface area contributed by atoms with E-state index in [4.69, 9.17) is 0 Å². The fourth-order valence-electron chi connectivity index (χ4n) is 2.78. The van der Waals surface area contributed by atoms with Crippen molar-refractivity contribution in [1.29, 1.82) is 0 Å². The standard InChI is InChI=1S/C16H25NS/c1-3-5-16(12-15-8-11-18-13-15)17-9-6-14(4-2)7-10-17/h5,8,11,13-14H,3-4,6-7,9-10,12H2,1-2H3/b16-5-. The van der Waals surface area contributed by atoms with Crippen LogP contribution in [0, 0.1) is 5.92 Å². The van der Waals surface area contributed by atoms with Gasteiger partial charge < -0.3 is 4.90 Å². The van der Waals surface area contributed by atoms with Gasteiger partial charge in [-0.1, -0.05) is 26.3 Å². The summed E-state index contributed by atoms with van der Waals surface area (Å²) >= 11 is 1.80. The van der Waals surface area contributed by atoms with Crippen LogP contribution in [0.1, 0.15) is 45.1 Å². The van der Waals surface area contributed by atoms with Crippen molar-refractivity contribution in [3.05, 3.63) is 34.2 Å². The average molecular weight is 263 g/mol. The predicted octanol–water partition coefficient (Wildman–Crippen LogP) is 4.71. The molecule has 0 N–H and O–H groups in total. The van der Waals surface area contributed by atoms with E-state index >= 15 is 0 Å². The normalized spacial score (nSPS) is 18.3. The van der Waals surface area contributed by atoms with Gasteiger partial charge in [0.15, 0.2) is 0 Å². The minimum absolute atomic E-state index is 0.963. The van der Waals surface area contributed by atoms with E-state index in [0.29, 0.717) is 0 Å². The largest absolute Gasteiger partial charge is 0.375 e. The molecule has 1 nitrogen and oxygen atoms in total. The summed E-state index contributed by atoms with van der Waals surface area (Å²) in [5.41, 5.74) is 3.02. The highest BCUT2D eigenvalue weighted by Crippen LogP contribution is 2.25. The molecular formula is C16H25NS. The van der Waals surface area contributed by atoms with Crippen molar-refractivity contribution in [3.8, 4) is 0 Å². The lowest BCUT2D eigenvalue weighted by Gasteiger charge is -2.35. The van der Waals surface area contributed by atoms with E-state index in [0.717, 1.165) is 18.8 Å². The monoisotopic (exact) mass is 263 g/mol. The highest BCUT2D eigenvalue weighted by atomic mass is 32.1. The van der Waals surface area contributed by atoms with Crippen molar-refractivity contribution in [1.82, 2.24) is 4.90 Å². The summed E-state index contributed by atoms with van der Waals surface area (Å²) in [6, 6.07) is 2.26. The molecule has 1 fully saturated rings. The molecule has 18 heavy (non-hydrogen) atoms. The third-order valence-electron chi connectivity index (χ3n) is 4.00. The van der Waals surface area contributed by atoms with Crippen molar-refractivity contribution < 1.29 is 0 Å². The Morgan fingerprint density at radius 2 is 2.17 bits per heavy atom. The molecule has 100 valence electrons. The van der Waals surface area contributed by atoms with Crippen molar-refractivity contribution >= 4 is 11.3 Å². The van der Waals surface area contributed by atoms with Crippen LogP contribution in [0.25, 0.3) is 0 Å². The van der Waals surface area contributed by atoms with Gasteiger partial charge in [0.2, 0.25) is 0 Å². The van der Waals surface area contributed by atoms with Crippen molar-refractivity contribution in [3.63, 3.8) is 0 Å². The number of piperidine rings is 1. The van der Waals surface area contributed by atoms with E-state index in [1.54, 1.807) is 17.0 Å². The van der Waals surface area contributed by atoms with Crippen LogP contribution in [0.5, 0.6) is 0 Å². The van der Waals surface area contributed by atoms with E-state index in [1.807, 2.05) is 0 Å². The lowest BCUT2D eigenvalue weighted by atomic mass is 9.93. The zero-order valence-electron chi connectivity index (χ0n) is 11.7. The second-order valence-electron chi connectivity index (χ2n) is 5.25. The zero-order chi connectivity index (χ0) is 12.8. The molecule has 0 radical (unpaired) electrons. The topological polar surface area (TPSA) is 3.24 Å². The van der Waals surface area contributed by atoms with Gasteiger partial charge in [-0.05, 0) is 47.6 Å². The predicted molar refractivity (Wildman–Crippen MR) is 81.0 cm³/mol. The van der Waals surface area contributed by atoms with Crippen LogP contribution in [0.4, 0.5) is 0 Å². The van der Waals surface area contributed by atoms with Gasteiger partial charge in [0, 0.05) is 25.2 Å². The highest BCUT2D eigenvalue weighted by Gasteiger charge is 2.19. The molecule has 0 aromatic carbocycles. The average Bonchev–Trinajstić information content (AvgIpc) is 2.91. The summed E-state index contributed by atoms with van der Waals surface area (Å²) in [6.07, 6.45) is 8.79. The Morgan fingerprint density at radius 1 is 1.39 bits per heavy atom. The van der Waals surface area contributed by atoms with Gasteiger partial charge in [-0.2, -0.15) is 11.3 Å². The molecule has 2 heterocycles. The molecule has 2 rings (SSSR count). The highest BCUT2D eigenvalue weighted by molar-refractivity contribution is 7.07. The van der Waals surface area contributed by atoms with Gasteiger partial charge in [-0.25, -0.2) is 0 Å². The summed E-state index contributed by atoms with van der Waals surface area (Å²) in [7, 11) is 0. The van der Waals surface area contributed by atoms with E-state index in [2.05, 4.69) is 41.6 Å². The first-order valence-corrected chi connectivity index (χ1v) is 8.22. The van der Waals surface area contributed by atoms with Gasteiger partial charge in [0.1, 0.15) is 0 Å². The van der Waals surface area contributed by atoms with Crippen LogP contribution in [-0.4, -0.2) is 18.0 Å². The SMILES string of the molecule is CC/C=C(/Cc1ccsc1)N1CCC(CC)CC1. The molecule has 0 aliphatic carbocycles. The van der Waals surface area contributed by atoms with E-state index in [1.165, 1.54) is 37.9 Å². The van der Waals surface area contributed by atoms with Crippen LogP contribution in [0.15, 0.2) is 28.6 Å². The van der Waals surface area contributed by atoms with Crippen LogP contribution in [0.3, 0.4) is 0 Å². The Kier molecular flexibility index (Phi) is 5.30. The molecule has 1 aliphatic heterocycles. The fourth-order valence-corrected chi connectivity index (χ4v) is 3.45. The molecule has 2 heteroatoms. The Morgan fingerprint density at radius 3 is 2.72 bits per heavy atom. The Hall–Kier alpha value is -0.760. The van der Waals surface area contributed by atoms with Crippen molar-refractivity contribution in [2.75, 3.05) is 13.1 Å². The van der Waals surface area contributed by atoms with E-state index in [-0.39, 0.29) is 0 Å². The number of likely N-dealkylation sites (tertiary alicyclic amines) is 1. The number of rotatable bonds is 5. The maximum absolute atomic E-state index is 2.62. The van der Waals surface area contributed by atoms with E-state index in [9.17, 15) is 0 Å². The number of nitrogens with zero attached hydrogens (tertiary/aromatic N) is 1. The van der Waals surface area contributed by atoms with Gasteiger partial charge >= 0.3 is 0 Å². The summed E-state index contributed by atoms with van der Waals surface area (Å²) in [5.74, 6) is 0.963. The summed E-state index contributed by atoms with van der Waals surface area (Å²) in [4.78, 5) is 2.62. The maximum Gasteiger partial charge on any atom is 0.0177 e. The summed E-state index contributed by atoms with van der Waals surface area (Å²) in [6.45, 7) is 7.09. The fraction of sp³-hybridized carbons (Fsp3) is 0.625. The Balaban J connectivity index is 1.96. The van der Waals surface area contributed by atoms with Gasteiger partial charge in [0.25, 0.3) is 0 Å². The molecule has 0 unspecified atom stereocenters. The first-order chi connectivity index (χ1) is 8.83. The van der Waals surface area contributed by atoms with Crippen LogP contribution in [0.2, 0.25) is 0 Å². The number of allylic oxidation sites excluding steroid dienone is 2. The molecule has 0 bridgehead atoms. The molecule has 0 atom stereocenters. The minimum atomic E-state index is 0.963. The number of hydrogen-bond donors (Lipinski definition) is 0. The molecule has 0 spiro atoms. The molecule has 0 saturated carbocycles. The molecular weight excluding hydrogens is 238 g/mol. The molecule has 1 saturated heterocycles. The Bertz CT molecular complexity index is 358. The minimum Gasteiger partial charge on any atom is -0.375 e. The lowest BCUT2D eigenvalue weighted by molar-refractivity contribution is 0.219. The van der Waals surface area contributed by atoms with Crippen LogP contribution < -0.4 is 0 Å². The third-order valence-corrected chi connectivity index (χ3v) is 4.74. The Labute approximate surface area is 116 Å². The van der Waals surface area contributed by atoms with Gasteiger partial charge in [-0.3, -0.25) is 0 Å². The molecule has 0 amide bonds. The zero-order valence-corrected chi connectivity index (χ0v) is 12.5. The maximum atomic E-state index is 2.62. The second-order valence-corrected chi connectivity index (χ2v) is 6.03.